The molecule has 1 aromatic rings. The Bertz CT molecular complexity index is 436. The van der Waals surface area contributed by atoms with Crippen LogP contribution in [0, 0.1) is 0 Å². The Morgan fingerprint density at radius 1 is 1.43 bits per heavy atom. The number of nitrogens with zero attached hydrogens (tertiary/aromatic N) is 2. The summed E-state index contributed by atoms with van der Waals surface area (Å²) < 4.78 is 5.94. The molecule has 21 heavy (non-hydrogen) atoms. The highest BCUT2D eigenvalue weighted by atomic mass is 16.5. The minimum atomic E-state index is 0.308. The molecule has 0 amide bonds. The van der Waals surface area contributed by atoms with Crippen LogP contribution in [-0.2, 0) is 11.3 Å². The predicted octanol–water partition coefficient (Wildman–Crippen LogP) is 2.20. The van der Waals surface area contributed by atoms with E-state index in [0.29, 0.717) is 12.1 Å². The monoisotopic (exact) mass is 291 g/mol. The summed E-state index contributed by atoms with van der Waals surface area (Å²) in [5, 5.41) is 0. The molecule has 2 rings (SSSR count). The first kappa shape index (κ1) is 16.3. The van der Waals surface area contributed by atoms with Gasteiger partial charge in [0.2, 0.25) is 0 Å². The van der Waals surface area contributed by atoms with Crippen molar-refractivity contribution in [2.45, 2.75) is 39.5 Å². The number of benzene rings is 1. The summed E-state index contributed by atoms with van der Waals surface area (Å²) in [5.74, 6) is 0. The summed E-state index contributed by atoms with van der Waals surface area (Å²) in [7, 11) is 0. The summed E-state index contributed by atoms with van der Waals surface area (Å²) in [6.45, 7) is 12.6. The quantitative estimate of drug-likeness (QED) is 0.816. The highest BCUT2D eigenvalue weighted by Crippen LogP contribution is 2.13. The Labute approximate surface area is 128 Å². The zero-order valence-corrected chi connectivity index (χ0v) is 13.6. The predicted molar refractivity (Wildman–Crippen MR) is 88.3 cm³/mol. The molecule has 0 aromatic heterocycles. The van der Waals surface area contributed by atoms with Crippen molar-refractivity contribution < 1.29 is 4.74 Å². The summed E-state index contributed by atoms with van der Waals surface area (Å²) in [6, 6.07) is 8.76. The third-order valence-electron chi connectivity index (χ3n) is 4.17. The van der Waals surface area contributed by atoms with Crippen LogP contribution in [0.15, 0.2) is 24.3 Å². The maximum atomic E-state index is 5.94. The molecule has 0 aliphatic carbocycles. The minimum absolute atomic E-state index is 0.308. The first-order valence-electron chi connectivity index (χ1n) is 8.01. The molecule has 1 unspecified atom stereocenters. The second-order valence-corrected chi connectivity index (χ2v) is 6.15. The van der Waals surface area contributed by atoms with Crippen LogP contribution in [-0.4, -0.2) is 54.7 Å². The Balaban J connectivity index is 1.89. The molecule has 0 bridgehead atoms. The number of hydrogen-bond donors (Lipinski definition) is 1. The third-order valence-corrected chi connectivity index (χ3v) is 4.17. The molecule has 4 heteroatoms. The maximum absolute atomic E-state index is 5.94. The van der Waals surface area contributed by atoms with Crippen molar-refractivity contribution >= 4 is 5.69 Å². The van der Waals surface area contributed by atoms with Crippen LogP contribution in [0.1, 0.15) is 26.3 Å². The third kappa shape index (κ3) is 4.99. The van der Waals surface area contributed by atoms with E-state index in [4.69, 9.17) is 10.5 Å². The van der Waals surface area contributed by atoms with E-state index >= 15 is 0 Å². The Morgan fingerprint density at radius 3 is 2.90 bits per heavy atom. The summed E-state index contributed by atoms with van der Waals surface area (Å²) in [5.41, 5.74) is 7.97. The minimum Gasteiger partial charge on any atom is -0.399 e. The maximum Gasteiger partial charge on any atom is 0.0829 e. The lowest BCUT2D eigenvalue weighted by atomic mass is 10.1. The molecular formula is C17H29N3O. The van der Waals surface area contributed by atoms with Gasteiger partial charge in [-0.3, -0.25) is 9.80 Å². The van der Waals surface area contributed by atoms with Crippen LogP contribution in [0.2, 0.25) is 0 Å². The summed E-state index contributed by atoms with van der Waals surface area (Å²) >= 11 is 0. The SMILES string of the molecule is CCN(Cc1cccc(N)c1)CC1CN(C(C)C)CCO1. The van der Waals surface area contributed by atoms with Crippen LogP contribution in [0.4, 0.5) is 5.69 Å². The number of likely N-dealkylation sites (N-methyl/N-ethyl adjacent to an activating group) is 1. The zero-order valence-electron chi connectivity index (χ0n) is 13.6. The Hall–Kier alpha value is -1.10. The first-order chi connectivity index (χ1) is 10.1. The molecule has 118 valence electrons. The van der Waals surface area contributed by atoms with Crippen LogP contribution < -0.4 is 5.73 Å². The molecule has 1 aliphatic heterocycles. The summed E-state index contributed by atoms with van der Waals surface area (Å²) in [4.78, 5) is 4.94. The fourth-order valence-electron chi connectivity index (χ4n) is 2.86. The van der Waals surface area contributed by atoms with Gasteiger partial charge in [-0.25, -0.2) is 0 Å². The highest BCUT2D eigenvalue weighted by molar-refractivity contribution is 5.40. The van der Waals surface area contributed by atoms with Crippen molar-refractivity contribution in [1.29, 1.82) is 0 Å². The molecular weight excluding hydrogens is 262 g/mol. The molecule has 2 N–H and O–H groups in total. The van der Waals surface area contributed by atoms with Gasteiger partial charge in [-0.2, -0.15) is 0 Å². The molecule has 1 heterocycles. The lowest BCUT2D eigenvalue weighted by molar-refractivity contribution is -0.0525. The van der Waals surface area contributed by atoms with Gasteiger partial charge in [0.25, 0.3) is 0 Å². The average Bonchev–Trinajstić information content (AvgIpc) is 2.47. The van der Waals surface area contributed by atoms with Gasteiger partial charge in [0.1, 0.15) is 0 Å². The molecule has 1 aliphatic rings. The number of anilines is 1. The lowest BCUT2D eigenvalue weighted by Gasteiger charge is -2.37. The molecule has 0 spiro atoms. The number of morpholine rings is 1. The number of nitrogens with two attached hydrogens (primary N) is 1. The van der Waals surface area contributed by atoms with Crippen molar-refractivity contribution in [3.8, 4) is 0 Å². The van der Waals surface area contributed by atoms with E-state index in [-0.39, 0.29) is 0 Å². The first-order valence-corrected chi connectivity index (χ1v) is 8.01. The highest BCUT2D eigenvalue weighted by Gasteiger charge is 2.23. The smallest absolute Gasteiger partial charge is 0.0829 e. The van der Waals surface area contributed by atoms with Crippen molar-refractivity contribution in [2.24, 2.45) is 0 Å². The van der Waals surface area contributed by atoms with Crippen molar-refractivity contribution in [2.75, 3.05) is 38.5 Å². The number of rotatable bonds is 6. The standard InChI is InChI=1S/C17H29N3O/c1-4-19(11-15-6-5-7-16(18)10-15)12-17-13-20(14(2)3)8-9-21-17/h5-7,10,14,17H,4,8-9,11-13,18H2,1-3H3. The average molecular weight is 291 g/mol. The Kier molecular flexibility index (Phi) is 6.03. The van der Waals surface area contributed by atoms with Gasteiger partial charge < -0.3 is 10.5 Å². The van der Waals surface area contributed by atoms with E-state index in [2.05, 4.69) is 42.7 Å². The van der Waals surface area contributed by atoms with Crippen LogP contribution in [0.3, 0.4) is 0 Å². The summed E-state index contributed by atoms with van der Waals surface area (Å²) in [6.07, 6.45) is 0.308. The zero-order chi connectivity index (χ0) is 15.2. The van der Waals surface area contributed by atoms with Gasteiger partial charge in [0.05, 0.1) is 12.7 Å². The van der Waals surface area contributed by atoms with Crippen molar-refractivity contribution in [3.63, 3.8) is 0 Å². The largest absolute Gasteiger partial charge is 0.399 e. The molecule has 1 saturated heterocycles. The topological polar surface area (TPSA) is 41.7 Å². The van der Waals surface area contributed by atoms with Gasteiger partial charge in [0.15, 0.2) is 0 Å². The normalized spacial score (nSPS) is 20.3. The molecule has 1 fully saturated rings. The second-order valence-electron chi connectivity index (χ2n) is 6.15. The fraction of sp³-hybridized carbons (Fsp3) is 0.647. The van der Waals surface area contributed by atoms with Gasteiger partial charge >= 0.3 is 0 Å². The van der Waals surface area contributed by atoms with E-state index < -0.39 is 0 Å². The van der Waals surface area contributed by atoms with Gasteiger partial charge in [0, 0.05) is 37.9 Å². The molecule has 0 saturated carbocycles. The van der Waals surface area contributed by atoms with Gasteiger partial charge in [-0.1, -0.05) is 19.1 Å². The number of hydrogen-bond acceptors (Lipinski definition) is 4. The molecule has 1 aromatic carbocycles. The second kappa shape index (κ2) is 7.78. The molecule has 0 radical (unpaired) electrons. The number of nitrogen functional groups attached to an aromatic ring is 1. The van der Waals surface area contributed by atoms with Crippen LogP contribution >= 0.6 is 0 Å². The molecule has 4 nitrogen and oxygen atoms in total. The van der Waals surface area contributed by atoms with E-state index in [0.717, 1.165) is 45.0 Å². The molecule has 1 atom stereocenters. The van der Waals surface area contributed by atoms with Gasteiger partial charge in [-0.05, 0) is 38.1 Å². The van der Waals surface area contributed by atoms with Crippen molar-refractivity contribution in [1.82, 2.24) is 9.80 Å². The van der Waals surface area contributed by atoms with E-state index in [1.807, 2.05) is 12.1 Å². The van der Waals surface area contributed by atoms with E-state index in [1.165, 1.54) is 5.56 Å². The van der Waals surface area contributed by atoms with Crippen molar-refractivity contribution in [3.05, 3.63) is 29.8 Å². The van der Waals surface area contributed by atoms with E-state index in [1.54, 1.807) is 0 Å². The number of ether oxygens (including phenoxy) is 1. The van der Waals surface area contributed by atoms with Crippen LogP contribution in [0.25, 0.3) is 0 Å². The fourth-order valence-corrected chi connectivity index (χ4v) is 2.86. The Morgan fingerprint density at radius 2 is 2.24 bits per heavy atom. The van der Waals surface area contributed by atoms with Crippen LogP contribution in [0.5, 0.6) is 0 Å². The van der Waals surface area contributed by atoms with Gasteiger partial charge in [-0.15, -0.1) is 0 Å². The van der Waals surface area contributed by atoms with E-state index in [9.17, 15) is 0 Å². The lowest BCUT2D eigenvalue weighted by Crippen LogP contribution is -2.49.